The van der Waals surface area contributed by atoms with E-state index in [2.05, 4.69) is 5.10 Å². The third-order valence-corrected chi connectivity index (χ3v) is 4.45. The molecule has 8 heteroatoms. The van der Waals surface area contributed by atoms with Gasteiger partial charge in [-0.05, 0) is 37.3 Å². The maximum Gasteiger partial charge on any atom is 0.289 e. The van der Waals surface area contributed by atoms with Crippen molar-refractivity contribution in [2.24, 2.45) is 0 Å². The fourth-order valence-electron chi connectivity index (χ4n) is 2.47. The van der Waals surface area contributed by atoms with Gasteiger partial charge in [-0.3, -0.25) is 9.48 Å². The number of aromatic nitrogens is 2. The topological polar surface area (TPSA) is 60.5 Å². The van der Waals surface area contributed by atoms with Crippen LogP contribution in [0.1, 0.15) is 28.9 Å². The maximum absolute atomic E-state index is 12.6. The number of hydrogen-bond donors (Lipinski definition) is 0. The summed E-state index contributed by atoms with van der Waals surface area (Å²) in [6, 6.07) is 10.4. The predicted molar refractivity (Wildman–Crippen MR) is 103 cm³/mol. The first kappa shape index (κ1) is 19.3. The molecule has 0 N–H and O–H groups in total. The van der Waals surface area contributed by atoms with Crippen molar-refractivity contribution in [1.82, 2.24) is 14.7 Å². The molecule has 0 unspecified atom stereocenters. The summed E-state index contributed by atoms with van der Waals surface area (Å²) < 4.78 is 13.0. The fourth-order valence-corrected chi connectivity index (χ4v) is 2.86. The number of rotatable bonds is 7. The first-order valence-electron chi connectivity index (χ1n) is 8.40. The van der Waals surface area contributed by atoms with Crippen LogP contribution in [0.5, 0.6) is 5.75 Å². The average molecular weight is 408 g/mol. The van der Waals surface area contributed by atoms with E-state index >= 15 is 0 Å². The molecule has 0 radical (unpaired) electrons. The van der Waals surface area contributed by atoms with E-state index in [4.69, 9.17) is 32.4 Å². The van der Waals surface area contributed by atoms with Crippen LogP contribution in [-0.4, -0.2) is 27.6 Å². The molecule has 1 aromatic carbocycles. The molecule has 0 fully saturated rings. The highest BCUT2D eigenvalue weighted by Crippen LogP contribution is 2.20. The smallest absolute Gasteiger partial charge is 0.289 e. The third kappa shape index (κ3) is 4.84. The fraction of sp³-hybridized carbons (Fsp3) is 0.263. The van der Waals surface area contributed by atoms with Crippen LogP contribution in [0.25, 0.3) is 0 Å². The molecule has 0 aliphatic heterocycles. The number of hydrogen-bond acceptors (Lipinski definition) is 4. The van der Waals surface area contributed by atoms with E-state index in [0.717, 1.165) is 0 Å². The zero-order valence-corrected chi connectivity index (χ0v) is 16.5. The third-order valence-electron chi connectivity index (χ3n) is 3.89. The summed E-state index contributed by atoms with van der Waals surface area (Å²) in [6.45, 7) is 3.17. The number of amides is 1. The van der Waals surface area contributed by atoms with Gasteiger partial charge in [0.05, 0.1) is 11.6 Å². The molecular formula is C19H19Cl2N3O3. The summed E-state index contributed by atoms with van der Waals surface area (Å²) in [5.41, 5.74) is 0.644. The van der Waals surface area contributed by atoms with Gasteiger partial charge in [0.1, 0.15) is 23.8 Å². The SMILES string of the molecule is CCn1cc(Cl)c(CN(C)C(=O)c2ccc(COc3cccc(Cl)c3)o2)n1. The maximum atomic E-state index is 12.6. The molecule has 0 aliphatic carbocycles. The first-order valence-corrected chi connectivity index (χ1v) is 9.16. The van der Waals surface area contributed by atoms with E-state index < -0.39 is 0 Å². The Kier molecular flexibility index (Phi) is 6.08. The number of furan rings is 1. The average Bonchev–Trinajstić information content (AvgIpc) is 3.26. The highest BCUT2D eigenvalue weighted by atomic mass is 35.5. The number of ether oxygens (including phenoxy) is 1. The second-order valence-corrected chi connectivity index (χ2v) is 6.80. The summed E-state index contributed by atoms with van der Waals surface area (Å²) in [7, 11) is 1.67. The zero-order chi connectivity index (χ0) is 19.4. The first-order chi connectivity index (χ1) is 13.0. The van der Waals surface area contributed by atoms with Crippen molar-refractivity contribution in [2.75, 3.05) is 7.05 Å². The van der Waals surface area contributed by atoms with Crippen LogP contribution in [-0.2, 0) is 19.7 Å². The van der Waals surface area contributed by atoms with Crippen molar-refractivity contribution < 1.29 is 13.9 Å². The molecule has 3 aromatic rings. The lowest BCUT2D eigenvalue weighted by Crippen LogP contribution is -2.26. The minimum atomic E-state index is -0.258. The summed E-state index contributed by atoms with van der Waals surface area (Å²) in [5.74, 6) is 1.14. The second-order valence-electron chi connectivity index (χ2n) is 5.95. The Hall–Kier alpha value is -2.44. The Morgan fingerprint density at radius 1 is 1.30 bits per heavy atom. The van der Waals surface area contributed by atoms with Gasteiger partial charge in [-0.15, -0.1) is 0 Å². The van der Waals surface area contributed by atoms with Crippen LogP contribution < -0.4 is 4.74 Å². The van der Waals surface area contributed by atoms with Crippen LogP contribution in [0.4, 0.5) is 0 Å². The van der Waals surface area contributed by atoms with Gasteiger partial charge >= 0.3 is 0 Å². The molecule has 0 spiro atoms. The summed E-state index contributed by atoms with van der Waals surface area (Å²) in [4.78, 5) is 14.1. The van der Waals surface area contributed by atoms with E-state index in [0.29, 0.717) is 40.3 Å². The van der Waals surface area contributed by atoms with Gasteiger partial charge in [0.25, 0.3) is 5.91 Å². The van der Waals surface area contributed by atoms with Crippen molar-refractivity contribution >= 4 is 29.1 Å². The number of halogens is 2. The van der Waals surface area contributed by atoms with Crippen molar-refractivity contribution in [1.29, 1.82) is 0 Å². The number of aryl methyl sites for hydroxylation is 1. The molecule has 0 aliphatic rings. The number of nitrogens with zero attached hydrogens (tertiary/aromatic N) is 3. The zero-order valence-electron chi connectivity index (χ0n) is 15.0. The van der Waals surface area contributed by atoms with Gasteiger partial charge in [0, 0.05) is 24.8 Å². The number of carbonyl (C=O) groups excluding carboxylic acids is 1. The molecule has 0 atom stereocenters. The van der Waals surface area contributed by atoms with Gasteiger partial charge in [-0.1, -0.05) is 29.3 Å². The largest absolute Gasteiger partial charge is 0.486 e. The Labute approximate surface area is 167 Å². The van der Waals surface area contributed by atoms with Crippen molar-refractivity contribution in [2.45, 2.75) is 26.6 Å². The highest BCUT2D eigenvalue weighted by molar-refractivity contribution is 6.31. The molecule has 0 saturated heterocycles. The summed E-state index contributed by atoms with van der Waals surface area (Å²) in [6.07, 6.45) is 1.74. The second kappa shape index (κ2) is 8.50. The Morgan fingerprint density at radius 3 is 2.81 bits per heavy atom. The quantitative estimate of drug-likeness (QED) is 0.571. The lowest BCUT2D eigenvalue weighted by molar-refractivity contribution is 0.0747. The van der Waals surface area contributed by atoms with Gasteiger partial charge in [0.2, 0.25) is 0 Å². The standard InChI is InChI=1S/C19H19Cl2N3O3/c1-3-24-10-16(21)17(22-24)11-23(2)19(25)18-8-7-15(27-18)12-26-14-6-4-5-13(20)9-14/h4-10H,3,11-12H2,1-2H3. The van der Waals surface area contributed by atoms with E-state index in [1.54, 1.807) is 54.3 Å². The highest BCUT2D eigenvalue weighted by Gasteiger charge is 2.19. The number of benzene rings is 1. The summed E-state index contributed by atoms with van der Waals surface area (Å²) >= 11 is 12.1. The minimum absolute atomic E-state index is 0.198. The van der Waals surface area contributed by atoms with Crippen LogP contribution in [0.3, 0.4) is 0 Å². The molecular weight excluding hydrogens is 389 g/mol. The monoisotopic (exact) mass is 407 g/mol. The van der Waals surface area contributed by atoms with Crippen LogP contribution >= 0.6 is 23.2 Å². The van der Waals surface area contributed by atoms with Crippen molar-refractivity contribution in [3.63, 3.8) is 0 Å². The van der Waals surface area contributed by atoms with E-state index in [1.165, 1.54) is 4.90 Å². The lowest BCUT2D eigenvalue weighted by atomic mass is 10.3. The van der Waals surface area contributed by atoms with Gasteiger partial charge in [-0.2, -0.15) is 5.10 Å². The van der Waals surface area contributed by atoms with Gasteiger partial charge < -0.3 is 14.1 Å². The lowest BCUT2D eigenvalue weighted by Gasteiger charge is -2.14. The van der Waals surface area contributed by atoms with Gasteiger partial charge in [0.15, 0.2) is 5.76 Å². The molecule has 3 rings (SSSR count). The molecule has 6 nitrogen and oxygen atoms in total. The summed E-state index contributed by atoms with van der Waals surface area (Å²) in [5, 5.41) is 5.47. The van der Waals surface area contributed by atoms with E-state index in [9.17, 15) is 4.79 Å². The van der Waals surface area contributed by atoms with E-state index in [1.807, 2.05) is 6.92 Å². The molecule has 0 saturated carbocycles. The van der Waals surface area contributed by atoms with Crippen LogP contribution in [0.2, 0.25) is 10.0 Å². The molecule has 0 bridgehead atoms. The number of carbonyl (C=O) groups is 1. The van der Waals surface area contributed by atoms with Crippen LogP contribution in [0.15, 0.2) is 47.0 Å². The Bertz CT molecular complexity index is 936. The Balaban J connectivity index is 1.60. The van der Waals surface area contributed by atoms with Crippen molar-refractivity contribution in [3.05, 3.63) is 69.9 Å². The van der Waals surface area contributed by atoms with Crippen LogP contribution in [0, 0.1) is 0 Å². The van der Waals surface area contributed by atoms with Gasteiger partial charge in [-0.25, -0.2) is 0 Å². The predicted octanol–water partition coefficient (Wildman–Crippen LogP) is 4.65. The molecule has 27 heavy (non-hydrogen) atoms. The normalized spacial score (nSPS) is 10.8. The Morgan fingerprint density at radius 2 is 2.11 bits per heavy atom. The van der Waals surface area contributed by atoms with E-state index in [-0.39, 0.29) is 18.3 Å². The van der Waals surface area contributed by atoms with Crippen molar-refractivity contribution in [3.8, 4) is 5.75 Å². The molecule has 2 aromatic heterocycles. The molecule has 2 heterocycles. The molecule has 142 valence electrons. The molecule has 1 amide bonds. The minimum Gasteiger partial charge on any atom is -0.486 e.